The number of benzene rings is 1. The molecule has 2 amide bonds. The number of amides is 2. The molecule has 0 unspecified atom stereocenters. The fourth-order valence-electron chi connectivity index (χ4n) is 2.56. The highest BCUT2D eigenvalue weighted by molar-refractivity contribution is 7.19. The van der Waals surface area contributed by atoms with Gasteiger partial charge in [-0.3, -0.25) is 9.59 Å². The summed E-state index contributed by atoms with van der Waals surface area (Å²) in [6.07, 6.45) is 0. The van der Waals surface area contributed by atoms with Crippen LogP contribution in [0.4, 0.5) is 10.7 Å². The maximum atomic E-state index is 12.7. The molecule has 8 heteroatoms. The van der Waals surface area contributed by atoms with Crippen LogP contribution >= 0.6 is 22.7 Å². The van der Waals surface area contributed by atoms with Gasteiger partial charge in [-0.1, -0.05) is 23.8 Å². The smallest absolute Gasteiger partial charge is 0.341 e. The first-order chi connectivity index (χ1) is 13.4. The maximum Gasteiger partial charge on any atom is 0.341 e. The minimum Gasteiger partial charge on any atom is -0.465 e. The third-order valence-corrected chi connectivity index (χ3v) is 6.10. The van der Waals surface area contributed by atoms with Gasteiger partial charge in [0.15, 0.2) is 0 Å². The Kier molecular flexibility index (Phi) is 5.91. The van der Waals surface area contributed by atoms with Crippen molar-refractivity contribution in [3.05, 3.63) is 68.2 Å². The van der Waals surface area contributed by atoms with Gasteiger partial charge < -0.3 is 15.4 Å². The average Bonchev–Trinajstić information content (AvgIpc) is 3.31. The molecule has 3 rings (SSSR count). The maximum absolute atomic E-state index is 12.7. The Labute approximate surface area is 170 Å². The van der Waals surface area contributed by atoms with Crippen molar-refractivity contribution in [3.8, 4) is 0 Å². The van der Waals surface area contributed by atoms with Crippen molar-refractivity contribution >= 4 is 51.1 Å². The minimum absolute atomic E-state index is 0.187. The second kappa shape index (κ2) is 8.37. The molecule has 0 saturated carbocycles. The van der Waals surface area contributed by atoms with E-state index < -0.39 is 5.97 Å². The fraction of sp³-hybridized carbons (Fsp3) is 0.150. The van der Waals surface area contributed by atoms with Crippen LogP contribution in [0.1, 0.15) is 40.8 Å². The standard InChI is InChI=1S/C20H18N2O4S2/c1-11-6-8-13(9-7-11)21-18(24)16-12(2)15(20(25)26-3)19(28-16)22-17(23)14-5-4-10-27-14/h4-10H,1-3H3,(H,21,24)(H,22,23). The number of methoxy groups -OCH3 is 1. The number of anilines is 2. The summed E-state index contributed by atoms with van der Waals surface area (Å²) in [4.78, 5) is 38.3. The zero-order valence-electron chi connectivity index (χ0n) is 15.5. The number of aryl methyl sites for hydroxylation is 1. The zero-order chi connectivity index (χ0) is 20.3. The first-order valence-electron chi connectivity index (χ1n) is 8.35. The molecule has 0 aliphatic carbocycles. The van der Waals surface area contributed by atoms with Gasteiger partial charge in [0.05, 0.1) is 22.4 Å². The average molecular weight is 415 g/mol. The molecule has 0 radical (unpaired) electrons. The van der Waals surface area contributed by atoms with Crippen molar-refractivity contribution < 1.29 is 19.1 Å². The van der Waals surface area contributed by atoms with Gasteiger partial charge in [0.1, 0.15) is 5.00 Å². The summed E-state index contributed by atoms with van der Waals surface area (Å²) in [6.45, 7) is 3.62. The van der Waals surface area contributed by atoms with Crippen molar-refractivity contribution in [1.29, 1.82) is 0 Å². The van der Waals surface area contributed by atoms with Crippen LogP contribution in [0.2, 0.25) is 0 Å². The SMILES string of the molecule is COC(=O)c1c(NC(=O)c2cccs2)sc(C(=O)Nc2ccc(C)cc2)c1C. The second-order valence-electron chi connectivity index (χ2n) is 6.00. The number of rotatable bonds is 5. The van der Waals surface area contributed by atoms with Crippen molar-refractivity contribution in [3.63, 3.8) is 0 Å². The molecule has 0 fully saturated rings. The molecule has 28 heavy (non-hydrogen) atoms. The highest BCUT2D eigenvalue weighted by atomic mass is 32.1. The van der Waals surface area contributed by atoms with E-state index in [-0.39, 0.29) is 22.4 Å². The van der Waals surface area contributed by atoms with E-state index in [1.807, 2.05) is 19.1 Å². The van der Waals surface area contributed by atoms with Crippen LogP contribution in [0.15, 0.2) is 41.8 Å². The van der Waals surface area contributed by atoms with Crippen molar-refractivity contribution in [2.75, 3.05) is 17.7 Å². The summed E-state index contributed by atoms with van der Waals surface area (Å²) in [5.74, 6) is -1.30. The third-order valence-electron chi connectivity index (χ3n) is 4.02. The van der Waals surface area contributed by atoms with Crippen molar-refractivity contribution in [2.45, 2.75) is 13.8 Å². The lowest BCUT2D eigenvalue weighted by Crippen LogP contribution is -2.13. The van der Waals surface area contributed by atoms with Gasteiger partial charge in [0.25, 0.3) is 11.8 Å². The molecule has 0 aliphatic heterocycles. The van der Waals surface area contributed by atoms with E-state index in [4.69, 9.17) is 4.74 Å². The molecule has 0 bridgehead atoms. The Morgan fingerprint density at radius 3 is 2.29 bits per heavy atom. The zero-order valence-corrected chi connectivity index (χ0v) is 17.1. The minimum atomic E-state index is -0.607. The number of thiophene rings is 2. The van der Waals surface area contributed by atoms with Crippen LogP contribution < -0.4 is 10.6 Å². The van der Waals surface area contributed by atoms with Gasteiger partial charge in [0.2, 0.25) is 0 Å². The first-order valence-corrected chi connectivity index (χ1v) is 10.0. The Bertz CT molecular complexity index is 1020. The molecule has 0 atom stereocenters. The van der Waals surface area contributed by atoms with Gasteiger partial charge in [0, 0.05) is 5.69 Å². The van der Waals surface area contributed by atoms with Crippen LogP contribution in [0.25, 0.3) is 0 Å². The lowest BCUT2D eigenvalue weighted by molar-refractivity contribution is 0.0601. The predicted molar refractivity (Wildman–Crippen MR) is 112 cm³/mol. The Balaban J connectivity index is 1.92. The molecular formula is C20H18N2O4S2. The number of ether oxygens (including phenoxy) is 1. The molecule has 2 N–H and O–H groups in total. The second-order valence-corrected chi connectivity index (χ2v) is 7.97. The van der Waals surface area contributed by atoms with E-state index in [0.29, 0.717) is 21.0 Å². The molecule has 3 aromatic rings. The van der Waals surface area contributed by atoms with Crippen LogP contribution in [0.5, 0.6) is 0 Å². The Morgan fingerprint density at radius 2 is 1.68 bits per heavy atom. The van der Waals surface area contributed by atoms with E-state index >= 15 is 0 Å². The summed E-state index contributed by atoms with van der Waals surface area (Å²) in [5.41, 5.74) is 2.37. The number of carbonyl (C=O) groups excluding carboxylic acids is 3. The van der Waals surface area contributed by atoms with Crippen LogP contribution in [-0.4, -0.2) is 24.9 Å². The molecule has 144 valence electrons. The van der Waals surface area contributed by atoms with E-state index in [1.165, 1.54) is 18.4 Å². The summed E-state index contributed by atoms with van der Waals surface area (Å²) in [5, 5.41) is 7.61. The van der Waals surface area contributed by atoms with Crippen molar-refractivity contribution in [2.24, 2.45) is 0 Å². The molecule has 0 spiro atoms. The van der Waals surface area contributed by atoms with Crippen LogP contribution in [-0.2, 0) is 4.74 Å². The topological polar surface area (TPSA) is 84.5 Å². The van der Waals surface area contributed by atoms with Crippen LogP contribution in [0, 0.1) is 13.8 Å². The number of carbonyl (C=O) groups is 3. The van der Waals surface area contributed by atoms with Gasteiger partial charge >= 0.3 is 5.97 Å². The van der Waals surface area contributed by atoms with Gasteiger partial charge in [-0.25, -0.2) is 4.79 Å². The molecular weight excluding hydrogens is 396 g/mol. The predicted octanol–water partition coefficient (Wildman–Crippen LogP) is 4.72. The number of hydrogen-bond acceptors (Lipinski definition) is 6. The number of hydrogen-bond donors (Lipinski definition) is 2. The van der Waals surface area contributed by atoms with E-state index in [2.05, 4.69) is 10.6 Å². The quantitative estimate of drug-likeness (QED) is 0.592. The highest BCUT2D eigenvalue weighted by Crippen LogP contribution is 2.34. The van der Waals surface area contributed by atoms with Crippen molar-refractivity contribution in [1.82, 2.24) is 0 Å². The van der Waals surface area contributed by atoms with Crippen LogP contribution in [0.3, 0.4) is 0 Å². The number of esters is 1. The molecule has 1 aromatic carbocycles. The summed E-state index contributed by atoms with van der Waals surface area (Å²) >= 11 is 2.33. The molecule has 0 saturated heterocycles. The largest absolute Gasteiger partial charge is 0.465 e. The van der Waals surface area contributed by atoms with Gasteiger partial charge in [-0.05, 0) is 43.0 Å². The summed E-state index contributed by atoms with van der Waals surface area (Å²) in [7, 11) is 1.26. The van der Waals surface area contributed by atoms with Gasteiger partial charge in [-0.15, -0.1) is 22.7 Å². The fourth-order valence-corrected chi connectivity index (χ4v) is 4.27. The van der Waals surface area contributed by atoms with E-state index in [9.17, 15) is 14.4 Å². The highest BCUT2D eigenvalue weighted by Gasteiger charge is 2.26. The van der Waals surface area contributed by atoms with E-state index in [0.717, 1.165) is 16.9 Å². The number of nitrogens with one attached hydrogen (secondary N) is 2. The molecule has 2 heterocycles. The lowest BCUT2D eigenvalue weighted by Gasteiger charge is -2.05. The third kappa shape index (κ3) is 4.13. The first kappa shape index (κ1) is 19.8. The Hall–Kier alpha value is -2.97. The Morgan fingerprint density at radius 1 is 0.964 bits per heavy atom. The molecule has 2 aromatic heterocycles. The monoisotopic (exact) mass is 414 g/mol. The van der Waals surface area contributed by atoms with E-state index in [1.54, 1.807) is 36.6 Å². The molecule has 0 aliphatic rings. The lowest BCUT2D eigenvalue weighted by atomic mass is 10.1. The molecule has 6 nitrogen and oxygen atoms in total. The normalized spacial score (nSPS) is 10.4. The summed E-state index contributed by atoms with van der Waals surface area (Å²) in [6, 6.07) is 10.8. The summed E-state index contributed by atoms with van der Waals surface area (Å²) < 4.78 is 4.84. The van der Waals surface area contributed by atoms with Gasteiger partial charge in [-0.2, -0.15) is 0 Å².